The van der Waals surface area contributed by atoms with Crippen molar-refractivity contribution in [1.82, 2.24) is 9.47 Å². The van der Waals surface area contributed by atoms with Crippen molar-refractivity contribution in [2.45, 2.75) is 38.8 Å². The molecule has 156 valence electrons. The molecule has 2 heterocycles. The van der Waals surface area contributed by atoms with E-state index >= 15 is 0 Å². The number of methoxy groups -OCH3 is 1. The molecule has 7 heteroatoms. The molecular weight excluding hydrogens is 392 g/mol. The Bertz CT molecular complexity index is 958. The molecule has 6 nitrogen and oxygen atoms in total. The highest BCUT2D eigenvalue weighted by atomic mass is 35.5. The van der Waals surface area contributed by atoms with E-state index in [2.05, 4.69) is 4.90 Å². The van der Waals surface area contributed by atoms with Gasteiger partial charge in [-0.05, 0) is 51.9 Å². The van der Waals surface area contributed by atoms with Crippen LogP contribution in [0.25, 0.3) is 10.9 Å². The first-order valence-corrected chi connectivity index (χ1v) is 9.96. The van der Waals surface area contributed by atoms with Crippen LogP contribution in [-0.2, 0) is 20.7 Å². The van der Waals surface area contributed by atoms with Crippen LogP contribution in [0, 0.1) is 5.92 Å². The van der Waals surface area contributed by atoms with Gasteiger partial charge in [0.1, 0.15) is 5.60 Å². The molecule has 0 spiro atoms. The quantitative estimate of drug-likeness (QED) is 0.550. The van der Waals surface area contributed by atoms with E-state index in [-0.39, 0.29) is 17.9 Å². The molecule has 2 atom stereocenters. The molecule has 0 bridgehead atoms. The number of carbonyl (C=O) groups is 2. The Hall–Kier alpha value is -2.31. The second-order valence-corrected chi connectivity index (χ2v) is 8.77. The summed E-state index contributed by atoms with van der Waals surface area (Å²) in [7, 11) is 3.37. The van der Waals surface area contributed by atoms with Gasteiger partial charge in [-0.15, -0.1) is 0 Å². The van der Waals surface area contributed by atoms with Crippen LogP contribution in [0.3, 0.4) is 0 Å². The molecule has 0 radical (unpaired) electrons. The van der Waals surface area contributed by atoms with E-state index in [1.807, 2.05) is 58.2 Å². The Labute approximate surface area is 176 Å². The lowest BCUT2D eigenvalue weighted by Crippen LogP contribution is -2.41. The molecule has 2 aromatic rings. The Balaban J connectivity index is 1.94. The van der Waals surface area contributed by atoms with Crippen LogP contribution in [0.15, 0.2) is 36.5 Å². The fraction of sp³-hybridized carbons (Fsp3) is 0.455. The molecule has 29 heavy (non-hydrogen) atoms. The number of hydrogen-bond acceptors (Lipinski definition) is 5. The van der Waals surface area contributed by atoms with Gasteiger partial charge in [0.25, 0.3) is 0 Å². The number of benzene rings is 1. The van der Waals surface area contributed by atoms with Crippen LogP contribution in [-0.4, -0.2) is 53.9 Å². The smallest absolute Gasteiger partial charge is 0.419 e. The van der Waals surface area contributed by atoms with Crippen molar-refractivity contribution >= 4 is 34.6 Å². The van der Waals surface area contributed by atoms with Crippen molar-refractivity contribution in [3.05, 3.63) is 47.1 Å². The van der Waals surface area contributed by atoms with Crippen LogP contribution < -0.4 is 0 Å². The van der Waals surface area contributed by atoms with Gasteiger partial charge in [-0.3, -0.25) is 14.3 Å². The summed E-state index contributed by atoms with van der Waals surface area (Å²) in [5, 5.41) is 1.44. The topological polar surface area (TPSA) is 60.8 Å². The van der Waals surface area contributed by atoms with Crippen LogP contribution >= 0.6 is 11.6 Å². The SMILES string of the molecule is COC(=O)C1C=C[C@@H](Cc2cn(C(=O)OC(C)(C)C)c3cccc(Cl)c23)N(C)C1. The first kappa shape index (κ1) is 21.4. The molecule has 0 N–H and O–H groups in total. The Kier molecular flexibility index (Phi) is 6.05. The summed E-state index contributed by atoms with van der Waals surface area (Å²) >= 11 is 6.49. The van der Waals surface area contributed by atoms with Gasteiger partial charge >= 0.3 is 12.1 Å². The van der Waals surface area contributed by atoms with Gasteiger partial charge in [-0.25, -0.2) is 4.79 Å². The van der Waals surface area contributed by atoms with Crippen LogP contribution in [0.2, 0.25) is 5.02 Å². The lowest BCUT2D eigenvalue weighted by Gasteiger charge is -2.31. The highest BCUT2D eigenvalue weighted by Crippen LogP contribution is 2.31. The fourth-order valence-electron chi connectivity index (χ4n) is 3.61. The van der Waals surface area contributed by atoms with Crippen molar-refractivity contribution in [3.8, 4) is 0 Å². The molecule has 3 rings (SSSR count). The van der Waals surface area contributed by atoms with Crippen molar-refractivity contribution < 1.29 is 19.1 Å². The minimum Gasteiger partial charge on any atom is -0.469 e. The molecule has 0 amide bonds. The monoisotopic (exact) mass is 418 g/mol. The predicted octanol–water partition coefficient (Wildman–Crippen LogP) is 4.28. The number of likely N-dealkylation sites (N-methyl/N-ethyl adjacent to an activating group) is 1. The maximum atomic E-state index is 12.7. The summed E-state index contributed by atoms with van der Waals surface area (Å²) < 4.78 is 11.9. The van der Waals surface area contributed by atoms with Gasteiger partial charge in [0.05, 0.1) is 23.6 Å². The van der Waals surface area contributed by atoms with Gasteiger partial charge < -0.3 is 9.47 Å². The fourth-order valence-corrected chi connectivity index (χ4v) is 3.90. The van der Waals surface area contributed by atoms with E-state index in [0.717, 1.165) is 16.5 Å². The number of aromatic nitrogens is 1. The number of rotatable bonds is 3. The van der Waals surface area contributed by atoms with Crippen LogP contribution in [0.5, 0.6) is 0 Å². The second kappa shape index (κ2) is 8.20. The second-order valence-electron chi connectivity index (χ2n) is 8.36. The van der Waals surface area contributed by atoms with E-state index in [1.165, 1.54) is 11.7 Å². The van der Waals surface area contributed by atoms with E-state index in [9.17, 15) is 9.59 Å². The van der Waals surface area contributed by atoms with Crippen molar-refractivity contribution in [2.75, 3.05) is 20.7 Å². The predicted molar refractivity (Wildman–Crippen MR) is 113 cm³/mol. The Morgan fingerprint density at radius 2 is 1.97 bits per heavy atom. The van der Waals surface area contributed by atoms with Crippen molar-refractivity contribution in [1.29, 1.82) is 0 Å². The molecule has 0 fully saturated rings. The zero-order valence-electron chi connectivity index (χ0n) is 17.4. The third kappa shape index (κ3) is 4.65. The lowest BCUT2D eigenvalue weighted by atomic mass is 9.96. The van der Waals surface area contributed by atoms with E-state index < -0.39 is 11.7 Å². The maximum absolute atomic E-state index is 12.7. The van der Waals surface area contributed by atoms with Gasteiger partial charge in [0, 0.05) is 24.2 Å². The standard InChI is InChI=1S/C22H27ClN2O4/c1-22(2,3)29-21(27)25-13-15(19-17(23)7-6-8-18(19)25)11-16-10-9-14(12-24(16)4)20(26)28-5/h6-10,13-14,16H,11-12H2,1-5H3/t14?,16-/m0/s1. The number of carbonyl (C=O) groups excluding carboxylic acids is 2. The number of halogens is 1. The third-order valence-electron chi connectivity index (χ3n) is 5.00. The van der Waals surface area contributed by atoms with E-state index in [1.54, 1.807) is 6.20 Å². The summed E-state index contributed by atoms with van der Waals surface area (Å²) in [6.07, 6.45) is 5.92. The van der Waals surface area contributed by atoms with Crippen LogP contribution in [0.1, 0.15) is 26.3 Å². The molecule has 0 saturated carbocycles. The number of ether oxygens (including phenoxy) is 2. The third-order valence-corrected chi connectivity index (χ3v) is 5.31. The van der Waals surface area contributed by atoms with Gasteiger partial charge in [0.2, 0.25) is 0 Å². The first-order valence-electron chi connectivity index (χ1n) is 9.59. The minimum atomic E-state index is -0.596. The summed E-state index contributed by atoms with van der Waals surface area (Å²) in [6, 6.07) is 5.58. The Morgan fingerprint density at radius 1 is 1.24 bits per heavy atom. The first-order chi connectivity index (χ1) is 13.6. The number of esters is 1. The minimum absolute atomic E-state index is 0.0739. The number of fused-ring (bicyclic) bond motifs is 1. The molecular formula is C22H27ClN2O4. The average molecular weight is 419 g/mol. The van der Waals surface area contributed by atoms with Gasteiger partial charge in [-0.2, -0.15) is 0 Å². The highest BCUT2D eigenvalue weighted by Gasteiger charge is 2.28. The van der Waals surface area contributed by atoms with Crippen molar-refractivity contribution in [3.63, 3.8) is 0 Å². The average Bonchev–Trinajstić information content (AvgIpc) is 3.01. The van der Waals surface area contributed by atoms with E-state index in [0.29, 0.717) is 18.0 Å². The molecule has 1 aromatic heterocycles. The summed E-state index contributed by atoms with van der Waals surface area (Å²) in [6.45, 7) is 6.09. The molecule has 0 aliphatic carbocycles. The highest BCUT2D eigenvalue weighted by molar-refractivity contribution is 6.35. The summed E-state index contributed by atoms with van der Waals surface area (Å²) in [5.74, 6) is -0.510. The molecule has 1 aliphatic heterocycles. The van der Waals surface area contributed by atoms with Crippen molar-refractivity contribution in [2.24, 2.45) is 5.92 Å². The maximum Gasteiger partial charge on any atom is 0.419 e. The molecule has 1 unspecified atom stereocenters. The van der Waals surface area contributed by atoms with Gasteiger partial charge in [-0.1, -0.05) is 29.8 Å². The normalized spacial score (nSPS) is 20.1. The molecule has 1 aliphatic rings. The van der Waals surface area contributed by atoms with Gasteiger partial charge in [0.15, 0.2) is 0 Å². The number of hydrogen-bond donors (Lipinski definition) is 0. The molecule has 1 aromatic carbocycles. The largest absolute Gasteiger partial charge is 0.469 e. The lowest BCUT2D eigenvalue weighted by molar-refractivity contribution is -0.144. The Morgan fingerprint density at radius 3 is 2.59 bits per heavy atom. The molecule has 0 saturated heterocycles. The number of nitrogens with zero attached hydrogens (tertiary/aromatic N) is 2. The zero-order chi connectivity index (χ0) is 21.3. The van der Waals surface area contributed by atoms with Crippen LogP contribution in [0.4, 0.5) is 4.79 Å². The summed E-state index contributed by atoms with van der Waals surface area (Å²) in [4.78, 5) is 26.7. The summed E-state index contributed by atoms with van der Waals surface area (Å²) in [5.41, 5.74) is 1.08. The zero-order valence-corrected chi connectivity index (χ0v) is 18.2. The van der Waals surface area contributed by atoms with E-state index in [4.69, 9.17) is 21.1 Å².